The standard InChI is InChI=1S/C18H13ClN4OS/c1-11-22-17-13(6-4-8-20-17)18(23-11)25-10-16-21-9-15(24-16)12-5-2-3-7-14(12)19/h2-9H,10H2,1H3. The summed E-state index contributed by atoms with van der Waals surface area (Å²) in [6, 6.07) is 11.4. The molecule has 0 saturated carbocycles. The molecule has 124 valence electrons. The van der Waals surface area contributed by atoms with Gasteiger partial charge in [0, 0.05) is 11.8 Å². The number of pyridine rings is 1. The van der Waals surface area contributed by atoms with E-state index in [-0.39, 0.29) is 0 Å². The molecule has 0 aliphatic carbocycles. The fourth-order valence-corrected chi connectivity index (χ4v) is 3.58. The first kappa shape index (κ1) is 16.1. The van der Waals surface area contributed by atoms with Crippen LogP contribution in [-0.4, -0.2) is 19.9 Å². The molecule has 7 heteroatoms. The monoisotopic (exact) mass is 368 g/mol. The van der Waals surface area contributed by atoms with Gasteiger partial charge in [0.25, 0.3) is 0 Å². The molecule has 0 fully saturated rings. The molecule has 5 nitrogen and oxygen atoms in total. The number of aryl methyl sites for hydroxylation is 1. The lowest BCUT2D eigenvalue weighted by Crippen LogP contribution is -1.94. The van der Waals surface area contributed by atoms with E-state index in [1.165, 1.54) is 0 Å². The second-order valence-electron chi connectivity index (χ2n) is 5.34. The smallest absolute Gasteiger partial charge is 0.205 e. The number of benzene rings is 1. The van der Waals surface area contributed by atoms with E-state index in [2.05, 4.69) is 19.9 Å². The fourth-order valence-electron chi connectivity index (χ4n) is 2.44. The zero-order valence-electron chi connectivity index (χ0n) is 13.3. The average Bonchev–Trinajstić information content (AvgIpc) is 3.08. The van der Waals surface area contributed by atoms with Crippen LogP contribution in [0, 0.1) is 6.92 Å². The van der Waals surface area contributed by atoms with Crippen molar-refractivity contribution in [3.05, 3.63) is 65.5 Å². The van der Waals surface area contributed by atoms with Crippen LogP contribution in [0.5, 0.6) is 0 Å². The maximum absolute atomic E-state index is 6.21. The summed E-state index contributed by atoms with van der Waals surface area (Å²) < 4.78 is 5.84. The van der Waals surface area contributed by atoms with Crippen molar-refractivity contribution in [2.24, 2.45) is 0 Å². The van der Waals surface area contributed by atoms with Crippen LogP contribution < -0.4 is 0 Å². The first-order chi connectivity index (χ1) is 12.2. The van der Waals surface area contributed by atoms with Crippen molar-refractivity contribution in [2.75, 3.05) is 0 Å². The van der Waals surface area contributed by atoms with Crippen molar-refractivity contribution < 1.29 is 4.42 Å². The van der Waals surface area contributed by atoms with Crippen molar-refractivity contribution >= 4 is 34.4 Å². The predicted molar refractivity (Wildman–Crippen MR) is 98.6 cm³/mol. The zero-order chi connectivity index (χ0) is 17.2. The number of aromatic nitrogens is 4. The van der Waals surface area contributed by atoms with Gasteiger partial charge in [0.15, 0.2) is 11.4 Å². The van der Waals surface area contributed by atoms with E-state index < -0.39 is 0 Å². The predicted octanol–water partition coefficient (Wildman–Crippen LogP) is 4.93. The minimum absolute atomic E-state index is 0.560. The van der Waals surface area contributed by atoms with Gasteiger partial charge in [-0.3, -0.25) is 0 Å². The quantitative estimate of drug-likeness (QED) is 0.375. The first-order valence-corrected chi connectivity index (χ1v) is 8.99. The molecule has 0 spiro atoms. The highest BCUT2D eigenvalue weighted by molar-refractivity contribution is 7.98. The number of hydrogen-bond donors (Lipinski definition) is 0. The molecule has 4 aromatic rings. The van der Waals surface area contributed by atoms with E-state index in [0.29, 0.717) is 33.9 Å². The van der Waals surface area contributed by atoms with Crippen molar-refractivity contribution in [2.45, 2.75) is 17.7 Å². The number of oxazole rings is 1. The third-order valence-electron chi connectivity index (χ3n) is 3.57. The number of rotatable bonds is 4. The number of fused-ring (bicyclic) bond motifs is 1. The number of halogens is 1. The van der Waals surface area contributed by atoms with E-state index in [1.807, 2.05) is 43.3 Å². The summed E-state index contributed by atoms with van der Waals surface area (Å²) in [5.74, 6) is 2.53. The van der Waals surface area contributed by atoms with Crippen molar-refractivity contribution in [3.8, 4) is 11.3 Å². The third-order valence-corrected chi connectivity index (χ3v) is 4.88. The Kier molecular flexibility index (Phi) is 4.38. The molecule has 0 unspecified atom stereocenters. The molecule has 0 saturated heterocycles. The van der Waals surface area contributed by atoms with Crippen LogP contribution in [0.3, 0.4) is 0 Å². The molecule has 0 N–H and O–H groups in total. The van der Waals surface area contributed by atoms with Gasteiger partial charge in [-0.1, -0.05) is 35.5 Å². The van der Waals surface area contributed by atoms with Gasteiger partial charge < -0.3 is 4.42 Å². The molecule has 0 aliphatic heterocycles. The van der Waals surface area contributed by atoms with E-state index in [9.17, 15) is 0 Å². The van der Waals surface area contributed by atoms with Crippen LogP contribution in [0.2, 0.25) is 5.02 Å². The van der Waals surface area contributed by atoms with Crippen LogP contribution in [0.15, 0.2) is 58.2 Å². The third kappa shape index (κ3) is 3.36. The molecule has 3 heterocycles. The molecule has 0 aliphatic rings. The molecule has 25 heavy (non-hydrogen) atoms. The van der Waals surface area contributed by atoms with E-state index in [4.69, 9.17) is 16.0 Å². The molecule has 4 rings (SSSR count). The minimum atomic E-state index is 0.560. The molecule has 0 atom stereocenters. The normalized spacial score (nSPS) is 11.1. The molecular weight excluding hydrogens is 356 g/mol. The molecule has 1 aromatic carbocycles. The van der Waals surface area contributed by atoms with Gasteiger partial charge >= 0.3 is 0 Å². The molecule has 0 bridgehead atoms. The number of thioether (sulfide) groups is 1. The molecule has 3 aromatic heterocycles. The SMILES string of the molecule is Cc1nc(SCc2ncc(-c3ccccc3Cl)o2)c2cccnc2n1. The van der Waals surface area contributed by atoms with Crippen LogP contribution in [0.1, 0.15) is 11.7 Å². The van der Waals surface area contributed by atoms with Gasteiger partial charge in [-0.2, -0.15) is 0 Å². The summed E-state index contributed by atoms with van der Waals surface area (Å²) in [4.78, 5) is 17.5. The Balaban J connectivity index is 1.58. The largest absolute Gasteiger partial charge is 0.440 e. The summed E-state index contributed by atoms with van der Waals surface area (Å²) in [6.07, 6.45) is 3.43. The highest BCUT2D eigenvalue weighted by atomic mass is 35.5. The minimum Gasteiger partial charge on any atom is -0.440 e. The van der Waals surface area contributed by atoms with Crippen molar-refractivity contribution in [1.82, 2.24) is 19.9 Å². The van der Waals surface area contributed by atoms with Crippen LogP contribution in [0.4, 0.5) is 0 Å². The zero-order valence-corrected chi connectivity index (χ0v) is 14.9. The van der Waals surface area contributed by atoms with Crippen LogP contribution in [-0.2, 0) is 5.75 Å². The molecule has 0 radical (unpaired) electrons. The Hall–Kier alpha value is -2.44. The lowest BCUT2D eigenvalue weighted by atomic mass is 10.2. The Morgan fingerprint density at radius 1 is 1.08 bits per heavy atom. The second kappa shape index (κ2) is 6.82. The summed E-state index contributed by atoms with van der Waals surface area (Å²) in [5, 5.41) is 2.44. The molecular formula is C18H13ClN4OS. The second-order valence-corrected chi connectivity index (χ2v) is 6.71. The van der Waals surface area contributed by atoms with E-state index >= 15 is 0 Å². The van der Waals surface area contributed by atoms with Crippen LogP contribution in [0.25, 0.3) is 22.4 Å². The number of nitrogens with zero attached hydrogens (tertiary/aromatic N) is 4. The van der Waals surface area contributed by atoms with Gasteiger partial charge in [-0.25, -0.2) is 19.9 Å². The van der Waals surface area contributed by atoms with Crippen LogP contribution >= 0.6 is 23.4 Å². The lowest BCUT2D eigenvalue weighted by Gasteiger charge is -2.04. The Bertz CT molecular complexity index is 1050. The maximum atomic E-state index is 6.21. The summed E-state index contributed by atoms with van der Waals surface area (Å²) in [5.41, 5.74) is 1.53. The highest BCUT2D eigenvalue weighted by Crippen LogP contribution is 2.31. The van der Waals surface area contributed by atoms with Crippen molar-refractivity contribution in [1.29, 1.82) is 0 Å². The van der Waals surface area contributed by atoms with Gasteiger partial charge in [0.1, 0.15) is 10.9 Å². The van der Waals surface area contributed by atoms with E-state index in [0.717, 1.165) is 16.0 Å². The van der Waals surface area contributed by atoms with Gasteiger partial charge in [0.2, 0.25) is 5.89 Å². The Morgan fingerprint density at radius 3 is 2.84 bits per heavy atom. The van der Waals surface area contributed by atoms with Gasteiger partial charge in [0.05, 0.1) is 22.4 Å². The topological polar surface area (TPSA) is 64.7 Å². The number of hydrogen-bond acceptors (Lipinski definition) is 6. The summed E-state index contributed by atoms with van der Waals surface area (Å²) in [6.45, 7) is 1.86. The van der Waals surface area contributed by atoms with E-state index in [1.54, 1.807) is 24.2 Å². The van der Waals surface area contributed by atoms with Crippen molar-refractivity contribution in [3.63, 3.8) is 0 Å². The Morgan fingerprint density at radius 2 is 1.96 bits per heavy atom. The first-order valence-electron chi connectivity index (χ1n) is 7.62. The summed E-state index contributed by atoms with van der Waals surface area (Å²) in [7, 11) is 0. The molecule has 0 amide bonds. The van der Waals surface area contributed by atoms with Gasteiger partial charge in [-0.05, 0) is 31.2 Å². The Labute approximate surface area is 153 Å². The average molecular weight is 369 g/mol. The summed E-state index contributed by atoms with van der Waals surface area (Å²) >= 11 is 7.76. The highest BCUT2D eigenvalue weighted by Gasteiger charge is 2.12. The fraction of sp³-hybridized carbons (Fsp3) is 0.111. The van der Waals surface area contributed by atoms with Gasteiger partial charge in [-0.15, -0.1) is 0 Å². The maximum Gasteiger partial charge on any atom is 0.205 e. The lowest BCUT2D eigenvalue weighted by molar-refractivity contribution is 0.530.